The molecular formula is C35H50N8O11S. The van der Waals surface area contributed by atoms with Crippen molar-refractivity contribution in [2.45, 2.75) is 103 Å². The number of unbranched alkanes of at least 4 members (excludes halogenated alkanes) is 2. The molecule has 0 saturated carbocycles. The van der Waals surface area contributed by atoms with Gasteiger partial charge in [-0.05, 0) is 33.6 Å². The molecule has 0 unspecified atom stereocenters. The monoisotopic (exact) mass is 790 g/mol. The van der Waals surface area contributed by atoms with Crippen molar-refractivity contribution in [3.8, 4) is 5.75 Å². The van der Waals surface area contributed by atoms with E-state index < -0.39 is 53.2 Å². The van der Waals surface area contributed by atoms with Gasteiger partial charge in [0.25, 0.3) is 5.91 Å². The van der Waals surface area contributed by atoms with Gasteiger partial charge in [-0.15, -0.1) is 11.3 Å². The third-order valence-electron chi connectivity index (χ3n) is 8.20. The Morgan fingerprint density at radius 2 is 1.80 bits per heavy atom. The molecule has 55 heavy (non-hydrogen) atoms. The summed E-state index contributed by atoms with van der Waals surface area (Å²) in [5, 5.41) is 18.6. The normalized spacial score (nSPS) is 17.8. The first-order chi connectivity index (χ1) is 26.2. The number of amides is 5. The van der Waals surface area contributed by atoms with Crippen molar-refractivity contribution >= 4 is 52.1 Å². The maximum absolute atomic E-state index is 13.8. The van der Waals surface area contributed by atoms with Gasteiger partial charge in [-0.3, -0.25) is 19.7 Å². The fourth-order valence-corrected chi connectivity index (χ4v) is 5.79. The van der Waals surface area contributed by atoms with Gasteiger partial charge in [-0.2, -0.15) is 0 Å². The SMILES string of the molecule is CCCCOC(=O)C1(O/N=C(\C(=O)N[C@@H]2C(=O)N[C@@H]2CNC(=O)NCc2cc(=O)c(OCCCC)c[nH]2)c2csc(NC(=O)OC(C)(C)C)n2)CCOCC1. The molecule has 302 valence electrons. The Balaban J connectivity index is 1.43. The van der Waals surface area contributed by atoms with Crippen molar-refractivity contribution in [3.05, 3.63) is 39.3 Å². The Hall–Kier alpha value is -5.24. The Morgan fingerprint density at radius 1 is 1.07 bits per heavy atom. The van der Waals surface area contributed by atoms with Gasteiger partial charge in [0.1, 0.15) is 17.3 Å². The summed E-state index contributed by atoms with van der Waals surface area (Å²) in [6, 6.07) is -1.06. The second kappa shape index (κ2) is 19.9. The number of carbonyl (C=O) groups is 5. The molecule has 0 aliphatic carbocycles. The summed E-state index contributed by atoms with van der Waals surface area (Å²) >= 11 is 0.979. The van der Waals surface area contributed by atoms with Crippen LogP contribution in [0.5, 0.6) is 5.75 Å². The van der Waals surface area contributed by atoms with E-state index in [2.05, 4.69) is 41.7 Å². The average molecular weight is 791 g/mol. The van der Waals surface area contributed by atoms with Crippen LogP contribution in [0.3, 0.4) is 0 Å². The zero-order valence-corrected chi connectivity index (χ0v) is 32.5. The topological polar surface area (TPSA) is 250 Å². The van der Waals surface area contributed by atoms with E-state index in [4.69, 9.17) is 23.8 Å². The maximum Gasteiger partial charge on any atom is 0.413 e. The summed E-state index contributed by atoms with van der Waals surface area (Å²) < 4.78 is 21.7. The number of urea groups is 1. The molecule has 4 rings (SSSR count). The zero-order valence-electron chi connectivity index (χ0n) is 31.7. The van der Waals surface area contributed by atoms with E-state index in [1.807, 2.05) is 13.8 Å². The van der Waals surface area contributed by atoms with E-state index in [-0.39, 0.29) is 73.5 Å². The van der Waals surface area contributed by atoms with E-state index in [9.17, 15) is 28.8 Å². The van der Waals surface area contributed by atoms with Crippen LogP contribution in [0.4, 0.5) is 14.7 Å². The summed E-state index contributed by atoms with van der Waals surface area (Å²) in [7, 11) is 0. The van der Waals surface area contributed by atoms with Crippen LogP contribution in [-0.2, 0) is 40.0 Å². The van der Waals surface area contributed by atoms with Crippen LogP contribution >= 0.6 is 11.3 Å². The van der Waals surface area contributed by atoms with Gasteiger partial charge in [0.2, 0.25) is 16.9 Å². The highest BCUT2D eigenvalue weighted by molar-refractivity contribution is 7.14. The molecular weight excluding hydrogens is 740 g/mol. The molecule has 0 spiro atoms. The number of aromatic amines is 1. The van der Waals surface area contributed by atoms with Crippen LogP contribution < -0.4 is 36.7 Å². The summed E-state index contributed by atoms with van der Waals surface area (Å²) in [6.45, 7) is 9.97. The van der Waals surface area contributed by atoms with Crippen molar-refractivity contribution in [1.29, 1.82) is 0 Å². The molecule has 4 heterocycles. The molecule has 5 amide bonds. The smallest absolute Gasteiger partial charge is 0.413 e. The van der Waals surface area contributed by atoms with Crippen molar-refractivity contribution in [1.82, 2.24) is 31.2 Å². The fourth-order valence-electron chi connectivity index (χ4n) is 5.11. The van der Waals surface area contributed by atoms with Crippen molar-refractivity contribution in [3.63, 3.8) is 0 Å². The summed E-state index contributed by atoms with van der Waals surface area (Å²) in [5.74, 6) is -1.86. The number of oxime groups is 1. The first kappa shape index (κ1) is 42.5. The molecule has 20 heteroatoms. The van der Waals surface area contributed by atoms with E-state index >= 15 is 0 Å². The largest absolute Gasteiger partial charge is 0.488 e. The molecule has 2 aliphatic heterocycles. The first-order valence-electron chi connectivity index (χ1n) is 18.2. The number of ether oxygens (including phenoxy) is 4. The first-order valence-corrected chi connectivity index (χ1v) is 19.1. The molecule has 0 bridgehead atoms. The number of pyridine rings is 1. The number of nitrogens with one attached hydrogen (secondary N) is 6. The Labute approximate surface area is 322 Å². The zero-order chi connectivity index (χ0) is 40.0. The number of nitrogens with zero attached hydrogens (tertiary/aromatic N) is 2. The van der Waals surface area contributed by atoms with Gasteiger partial charge >= 0.3 is 18.1 Å². The number of hydrogen-bond donors (Lipinski definition) is 6. The maximum atomic E-state index is 13.8. The molecule has 2 atom stereocenters. The number of H-pyrrole nitrogens is 1. The van der Waals surface area contributed by atoms with Crippen LogP contribution in [0.15, 0.2) is 27.6 Å². The minimum atomic E-state index is -1.55. The van der Waals surface area contributed by atoms with Crippen molar-refractivity contribution in [2.75, 3.05) is 38.3 Å². The van der Waals surface area contributed by atoms with Gasteiger partial charge in [0, 0.05) is 42.7 Å². The predicted octanol–water partition coefficient (Wildman–Crippen LogP) is 2.45. The lowest BCUT2D eigenvalue weighted by atomic mass is 9.94. The van der Waals surface area contributed by atoms with Gasteiger partial charge < -0.3 is 50.0 Å². The number of anilines is 1. The quantitative estimate of drug-likeness (QED) is 0.0419. The van der Waals surface area contributed by atoms with Crippen LogP contribution in [0.1, 0.15) is 84.5 Å². The minimum absolute atomic E-state index is 0.00546. The molecule has 6 N–H and O–H groups in total. The Bertz CT molecular complexity index is 1750. The lowest BCUT2D eigenvalue weighted by Gasteiger charge is -2.37. The molecule has 0 radical (unpaired) electrons. The van der Waals surface area contributed by atoms with Gasteiger partial charge in [-0.1, -0.05) is 31.8 Å². The van der Waals surface area contributed by atoms with Gasteiger partial charge in [0.15, 0.2) is 16.6 Å². The van der Waals surface area contributed by atoms with Crippen LogP contribution in [0, 0.1) is 0 Å². The highest BCUT2D eigenvalue weighted by Crippen LogP contribution is 2.28. The second-order valence-corrected chi connectivity index (χ2v) is 14.7. The number of aromatic nitrogens is 2. The standard InChI is InChI=1S/C35H50N8O11S/c1-6-8-12-51-25-19-36-21(16-24(25)44)17-37-31(48)38-18-22-26(28(45)39-22)41-29(46)27(23-20-55-32(40-23)42-33(49)53-34(3,4)5)43-54-35(10-14-50-15-11-35)30(47)52-13-9-7-2/h16,19-20,22,26H,6-15,17-18H2,1-5H3,(H,36,44)(H,39,45)(H,41,46)(H2,37,38,48)(H,40,42,49)/b43-27-/t22-,26+/m1/s1. The number of hydrogen-bond acceptors (Lipinski definition) is 14. The van der Waals surface area contributed by atoms with Gasteiger partial charge in [0.05, 0.1) is 39.0 Å². The predicted molar refractivity (Wildman–Crippen MR) is 200 cm³/mol. The van der Waals surface area contributed by atoms with Crippen LogP contribution in [-0.4, -0.2) is 102 Å². The number of carbonyl (C=O) groups excluding carboxylic acids is 5. The molecule has 2 aromatic rings. The number of rotatable bonds is 18. The van der Waals surface area contributed by atoms with Gasteiger partial charge in [-0.25, -0.2) is 19.4 Å². The highest BCUT2D eigenvalue weighted by Gasteiger charge is 2.46. The molecule has 0 aromatic carbocycles. The second-order valence-electron chi connectivity index (χ2n) is 13.8. The van der Waals surface area contributed by atoms with E-state index in [0.717, 1.165) is 30.6 Å². The lowest BCUT2D eigenvalue weighted by molar-refractivity contribution is -0.185. The van der Waals surface area contributed by atoms with Crippen molar-refractivity contribution < 1.29 is 47.8 Å². The third kappa shape index (κ3) is 12.7. The highest BCUT2D eigenvalue weighted by atomic mass is 32.1. The Morgan fingerprint density at radius 3 is 2.47 bits per heavy atom. The van der Waals surface area contributed by atoms with Crippen LogP contribution in [0.25, 0.3) is 0 Å². The molecule has 2 saturated heterocycles. The van der Waals surface area contributed by atoms with E-state index in [0.29, 0.717) is 18.7 Å². The molecule has 2 fully saturated rings. The number of esters is 1. The summed E-state index contributed by atoms with van der Waals surface area (Å²) in [5.41, 5.74) is -2.61. The molecule has 2 aromatic heterocycles. The lowest BCUT2D eigenvalue weighted by Crippen LogP contribution is -2.72. The molecule has 19 nitrogen and oxygen atoms in total. The summed E-state index contributed by atoms with van der Waals surface area (Å²) in [4.78, 5) is 90.1. The van der Waals surface area contributed by atoms with Crippen molar-refractivity contribution in [2.24, 2.45) is 5.16 Å². The van der Waals surface area contributed by atoms with E-state index in [1.165, 1.54) is 17.6 Å². The number of thiazole rings is 1. The van der Waals surface area contributed by atoms with Crippen LogP contribution in [0.2, 0.25) is 0 Å². The summed E-state index contributed by atoms with van der Waals surface area (Å²) in [6.07, 6.45) is 4.07. The molecule has 2 aliphatic rings. The Kier molecular flexibility index (Phi) is 15.4. The van der Waals surface area contributed by atoms with E-state index in [1.54, 1.807) is 20.8 Å². The average Bonchev–Trinajstić information content (AvgIpc) is 3.59. The minimum Gasteiger partial charge on any atom is -0.488 e. The fraction of sp³-hybridized carbons (Fsp3) is 0.600. The third-order valence-corrected chi connectivity index (χ3v) is 8.96. The number of β-lactam (4-membered cyclic amide) rings is 1.